The van der Waals surface area contributed by atoms with Crippen LogP contribution in [0.3, 0.4) is 0 Å². The molecule has 0 bridgehead atoms. The van der Waals surface area contributed by atoms with Crippen molar-refractivity contribution in [3.05, 3.63) is 23.8 Å². The van der Waals surface area contributed by atoms with Gasteiger partial charge >= 0.3 is 0 Å². The third-order valence-electron chi connectivity index (χ3n) is 1.32. The van der Waals surface area contributed by atoms with Crippen molar-refractivity contribution < 1.29 is 8.78 Å². The Bertz CT molecular complexity index is 273. The molecule has 1 rings (SSSR count). The average Bonchev–Trinajstić information content (AvgIpc) is 1.96. The molecule has 11 heavy (non-hydrogen) atoms. The van der Waals surface area contributed by atoms with Crippen LogP contribution in [0, 0.1) is 11.6 Å². The molecule has 0 radical (unpaired) electrons. The molecule has 2 nitrogen and oxygen atoms in total. The standard InChI is InChI=1S/C7H8F2N2/c1-11-6-3-4(10)2-5(8)7(6)9/h2-3,11H,10H2,1H3. The predicted octanol–water partition coefficient (Wildman–Crippen LogP) is 1.59. The van der Waals surface area contributed by atoms with Gasteiger partial charge in [0.25, 0.3) is 0 Å². The molecule has 0 atom stereocenters. The number of anilines is 2. The first-order chi connectivity index (χ1) is 5.15. The van der Waals surface area contributed by atoms with Gasteiger partial charge in [0.15, 0.2) is 11.6 Å². The van der Waals surface area contributed by atoms with Crippen LogP contribution in [-0.2, 0) is 0 Å². The summed E-state index contributed by atoms with van der Waals surface area (Å²) in [4.78, 5) is 0. The molecule has 1 aromatic rings. The highest BCUT2D eigenvalue weighted by molar-refractivity contribution is 5.55. The Morgan fingerprint density at radius 2 is 2.00 bits per heavy atom. The van der Waals surface area contributed by atoms with E-state index in [2.05, 4.69) is 5.32 Å². The molecule has 60 valence electrons. The lowest BCUT2D eigenvalue weighted by atomic mass is 10.2. The summed E-state index contributed by atoms with van der Waals surface area (Å²) in [6.45, 7) is 0. The van der Waals surface area contributed by atoms with E-state index in [1.807, 2.05) is 0 Å². The summed E-state index contributed by atoms with van der Waals surface area (Å²) in [6.07, 6.45) is 0. The minimum Gasteiger partial charge on any atom is -0.399 e. The lowest BCUT2D eigenvalue weighted by Gasteiger charge is -2.03. The van der Waals surface area contributed by atoms with E-state index in [0.29, 0.717) is 0 Å². The third-order valence-corrected chi connectivity index (χ3v) is 1.32. The number of rotatable bonds is 1. The van der Waals surface area contributed by atoms with Crippen LogP contribution in [0.5, 0.6) is 0 Å². The maximum atomic E-state index is 12.7. The first-order valence-electron chi connectivity index (χ1n) is 3.07. The second-order valence-corrected chi connectivity index (χ2v) is 2.11. The molecule has 0 saturated carbocycles. The van der Waals surface area contributed by atoms with Gasteiger partial charge in [-0.2, -0.15) is 0 Å². The number of nitrogens with one attached hydrogen (secondary N) is 1. The molecule has 3 N–H and O–H groups in total. The summed E-state index contributed by atoms with van der Waals surface area (Å²) in [7, 11) is 1.50. The first-order valence-corrected chi connectivity index (χ1v) is 3.07. The van der Waals surface area contributed by atoms with E-state index in [9.17, 15) is 8.78 Å². The molecule has 0 aliphatic carbocycles. The minimum atomic E-state index is -0.936. The van der Waals surface area contributed by atoms with Crippen molar-refractivity contribution in [1.29, 1.82) is 0 Å². The van der Waals surface area contributed by atoms with E-state index in [4.69, 9.17) is 5.73 Å². The normalized spacial score (nSPS) is 9.73. The van der Waals surface area contributed by atoms with Crippen LogP contribution in [0.15, 0.2) is 12.1 Å². The Morgan fingerprint density at radius 1 is 1.36 bits per heavy atom. The number of halogens is 2. The molecular formula is C7H8F2N2. The van der Waals surface area contributed by atoms with Gasteiger partial charge in [-0.05, 0) is 12.1 Å². The second kappa shape index (κ2) is 2.74. The fourth-order valence-electron chi connectivity index (χ4n) is 0.792. The van der Waals surface area contributed by atoms with Crippen LogP contribution >= 0.6 is 0 Å². The van der Waals surface area contributed by atoms with Gasteiger partial charge in [-0.15, -0.1) is 0 Å². The monoisotopic (exact) mass is 158 g/mol. The fraction of sp³-hybridized carbons (Fsp3) is 0.143. The van der Waals surface area contributed by atoms with Crippen LogP contribution in [0.2, 0.25) is 0 Å². The summed E-state index contributed by atoms with van der Waals surface area (Å²) in [5.74, 6) is -1.84. The first kappa shape index (κ1) is 7.78. The van der Waals surface area contributed by atoms with Gasteiger partial charge < -0.3 is 11.1 Å². The van der Waals surface area contributed by atoms with Gasteiger partial charge in [0.2, 0.25) is 0 Å². The Labute approximate surface area is 63.0 Å². The van der Waals surface area contributed by atoms with Crippen molar-refractivity contribution in [2.75, 3.05) is 18.1 Å². The summed E-state index contributed by atoms with van der Waals surface area (Å²) < 4.78 is 25.2. The van der Waals surface area contributed by atoms with E-state index in [-0.39, 0.29) is 11.4 Å². The second-order valence-electron chi connectivity index (χ2n) is 2.11. The molecule has 0 saturated heterocycles. The number of hydrogen-bond donors (Lipinski definition) is 2. The van der Waals surface area contributed by atoms with Crippen molar-refractivity contribution in [3.8, 4) is 0 Å². The van der Waals surface area contributed by atoms with Crippen LogP contribution < -0.4 is 11.1 Å². The van der Waals surface area contributed by atoms with Crippen molar-refractivity contribution in [2.45, 2.75) is 0 Å². The van der Waals surface area contributed by atoms with Crippen molar-refractivity contribution in [2.24, 2.45) is 0 Å². The zero-order valence-corrected chi connectivity index (χ0v) is 5.99. The number of nitrogens with two attached hydrogens (primary N) is 1. The van der Waals surface area contributed by atoms with Crippen LogP contribution in [-0.4, -0.2) is 7.05 Å². The maximum absolute atomic E-state index is 12.7. The molecule has 4 heteroatoms. The van der Waals surface area contributed by atoms with E-state index >= 15 is 0 Å². The smallest absolute Gasteiger partial charge is 0.181 e. The van der Waals surface area contributed by atoms with Crippen LogP contribution in [0.4, 0.5) is 20.2 Å². The predicted molar refractivity (Wildman–Crippen MR) is 40.3 cm³/mol. The van der Waals surface area contributed by atoms with Crippen molar-refractivity contribution in [3.63, 3.8) is 0 Å². The van der Waals surface area contributed by atoms with E-state index in [1.165, 1.54) is 13.1 Å². The minimum absolute atomic E-state index is 0.0718. The van der Waals surface area contributed by atoms with Crippen LogP contribution in [0.25, 0.3) is 0 Å². The van der Waals surface area contributed by atoms with Gasteiger partial charge in [0, 0.05) is 12.7 Å². The average molecular weight is 158 g/mol. The summed E-state index contributed by atoms with van der Waals surface area (Å²) in [6, 6.07) is 2.27. The summed E-state index contributed by atoms with van der Waals surface area (Å²) in [5, 5.41) is 2.48. The van der Waals surface area contributed by atoms with Gasteiger partial charge in [0.05, 0.1) is 5.69 Å². The lowest BCUT2D eigenvalue weighted by molar-refractivity contribution is 0.512. The Balaban J connectivity index is 3.24. The molecule has 0 aliphatic heterocycles. The van der Waals surface area contributed by atoms with E-state index in [0.717, 1.165) is 6.07 Å². The molecule has 1 aromatic carbocycles. The van der Waals surface area contributed by atoms with Crippen molar-refractivity contribution >= 4 is 11.4 Å². The molecule has 0 amide bonds. The number of nitrogen functional groups attached to an aromatic ring is 1. The van der Waals surface area contributed by atoms with Gasteiger partial charge in [0.1, 0.15) is 0 Å². The molecule has 0 aliphatic rings. The Kier molecular flexibility index (Phi) is 1.94. The zero-order chi connectivity index (χ0) is 8.43. The zero-order valence-electron chi connectivity index (χ0n) is 5.99. The Morgan fingerprint density at radius 3 is 2.55 bits per heavy atom. The molecule has 0 heterocycles. The van der Waals surface area contributed by atoms with Gasteiger partial charge in [-0.3, -0.25) is 0 Å². The molecular weight excluding hydrogens is 150 g/mol. The molecule has 0 fully saturated rings. The summed E-state index contributed by atoms with van der Waals surface area (Å²) in [5.41, 5.74) is 5.53. The quantitative estimate of drug-likeness (QED) is 0.609. The van der Waals surface area contributed by atoms with Gasteiger partial charge in [-0.25, -0.2) is 8.78 Å². The molecule has 0 unspecified atom stereocenters. The Hall–Kier alpha value is -1.32. The fourth-order valence-corrected chi connectivity index (χ4v) is 0.792. The highest BCUT2D eigenvalue weighted by atomic mass is 19.2. The largest absolute Gasteiger partial charge is 0.399 e. The lowest BCUT2D eigenvalue weighted by Crippen LogP contribution is -1.97. The SMILES string of the molecule is CNc1cc(N)cc(F)c1F. The summed E-state index contributed by atoms with van der Waals surface area (Å²) >= 11 is 0. The molecule has 0 aromatic heterocycles. The highest BCUT2D eigenvalue weighted by Gasteiger charge is 2.07. The highest BCUT2D eigenvalue weighted by Crippen LogP contribution is 2.20. The van der Waals surface area contributed by atoms with Gasteiger partial charge in [-0.1, -0.05) is 0 Å². The molecule has 0 spiro atoms. The third kappa shape index (κ3) is 1.39. The number of benzene rings is 1. The maximum Gasteiger partial charge on any atom is 0.181 e. The van der Waals surface area contributed by atoms with E-state index < -0.39 is 11.6 Å². The van der Waals surface area contributed by atoms with Crippen molar-refractivity contribution in [1.82, 2.24) is 0 Å². The number of hydrogen-bond acceptors (Lipinski definition) is 2. The van der Waals surface area contributed by atoms with E-state index in [1.54, 1.807) is 0 Å². The topological polar surface area (TPSA) is 38.0 Å². The van der Waals surface area contributed by atoms with Crippen LogP contribution in [0.1, 0.15) is 0 Å².